The molecule has 6 heteroatoms. The molecular weight excluding hydrogens is 254 g/mol. The molecule has 0 amide bonds. The fourth-order valence-electron chi connectivity index (χ4n) is 1.40. The van der Waals surface area contributed by atoms with Crippen LogP contribution >= 0.6 is 11.6 Å². The largest absolute Gasteiger partial charge is 0.465 e. The molecule has 18 heavy (non-hydrogen) atoms. The molecular formula is C12H10ClN3O2. The number of methoxy groups -OCH3 is 1. The Bertz CT molecular complexity index is 584. The first-order valence-electron chi connectivity index (χ1n) is 5.08. The fraction of sp³-hybridized carbons (Fsp3) is 0.0833. The van der Waals surface area contributed by atoms with Crippen molar-refractivity contribution in [2.45, 2.75) is 0 Å². The number of carbonyl (C=O) groups excluding carboxylic acids is 1. The molecule has 0 saturated carbocycles. The molecule has 92 valence electrons. The average molecular weight is 264 g/mol. The van der Waals surface area contributed by atoms with Gasteiger partial charge in [0.05, 0.1) is 7.11 Å². The Hall–Kier alpha value is -2.14. The van der Waals surface area contributed by atoms with Crippen molar-refractivity contribution in [2.24, 2.45) is 0 Å². The zero-order valence-electron chi connectivity index (χ0n) is 9.55. The van der Waals surface area contributed by atoms with Gasteiger partial charge in [-0.15, -0.1) is 0 Å². The highest BCUT2D eigenvalue weighted by Crippen LogP contribution is 2.20. The van der Waals surface area contributed by atoms with Crippen LogP contribution in [0, 0.1) is 0 Å². The maximum Gasteiger partial charge on any atom is 0.343 e. The van der Waals surface area contributed by atoms with Gasteiger partial charge in [0.1, 0.15) is 11.4 Å². The number of hydrogen-bond donors (Lipinski definition) is 1. The van der Waals surface area contributed by atoms with Crippen LogP contribution in [0.4, 0.5) is 5.82 Å². The van der Waals surface area contributed by atoms with E-state index in [-0.39, 0.29) is 11.4 Å². The number of halogens is 1. The first kappa shape index (κ1) is 12.3. The minimum Gasteiger partial charge on any atom is -0.465 e. The average Bonchev–Trinajstić information content (AvgIpc) is 2.38. The SMILES string of the molecule is COC(=O)c1cnc(-c2ccc(Cl)cc2)nc1N. The molecule has 2 aromatic rings. The summed E-state index contributed by atoms with van der Waals surface area (Å²) in [6.45, 7) is 0. The molecule has 0 radical (unpaired) electrons. The summed E-state index contributed by atoms with van der Waals surface area (Å²) in [5, 5.41) is 0.623. The van der Waals surface area contributed by atoms with Gasteiger partial charge < -0.3 is 10.5 Å². The number of nitrogens with zero attached hydrogens (tertiary/aromatic N) is 2. The van der Waals surface area contributed by atoms with Crippen molar-refractivity contribution in [3.8, 4) is 11.4 Å². The van der Waals surface area contributed by atoms with Gasteiger partial charge in [-0.3, -0.25) is 0 Å². The van der Waals surface area contributed by atoms with Gasteiger partial charge in [0.15, 0.2) is 5.82 Å². The highest BCUT2D eigenvalue weighted by Gasteiger charge is 2.13. The van der Waals surface area contributed by atoms with E-state index in [0.717, 1.165) is 5.56 Å². The van der Waals surface area contributed by atoms with Gasteiger partial charge in [-0.1, -0.05) is 11.6 Å². The first-order valence-corrected chi connectivity index (χ1v) is 5.46. The predicted octanol–water partition coefficient (Wildman–Crippen LogP) is 2.17. The molecule has 0 aliphatic rings. The number of rotatable bonds is 2. The van der Waals surface area contributed by atoms with Crippen molar-refractivity contribution in [3.63, 3.8) is 0 Å². The van der Waals surface area contributed by atoms with Crippen LogP contribution in [0.5, 0.6) is 0 Å². The minimum atomic E-state index is -0.560. The molecule has 1 aromatic carbocycles. The third-order valence-electron chi connectivity index (χ3n) is 2.33. The number of hydrogen-bond acceptors (Lipinski definition) is 5. The molecule has 0 spiro atoms. The van der Waals surface area contributed by atoms with Crippen molar-refractivity contribution in [2.75, 3.05) is 12.8 Å². The summed E-state index contributed by atoms with van der Waals surface area (Å²) in [6, 6.07) is 7.00. The Morgan fingerprint density at radius 3 is 2.56 bits per heavy atom. The van der Waals surface area contributed by atoms with Gasteiger partial charge in [0.25, 0.3) is 0 Å². The van der Waals surface area contributed by atoms with Crippen molar-refractivity contribution in [1.82, 2.24) is 9.97 Å². The van der Waals surface area contributed by atoms with E-state index >= 15 is 0 Å². The Morgan fingerprint density at radius 1 is 1.33 bits per heavy atom. The molecule has 0 saturated heterocycles. The lowest BCUT2D eigenvalue weighted by Crippen LogP contribution is -2.09. The van der Waals surface area contributed by atoms with E-state index in [1.807, 2.05) is 0 Å². The topological polar surface area (TPSA) is 78.1 Å². The maximum absolute atomic E-state index is 11.3. The lowest BCUT2D eigenvalue weighted by molar-refractivity contribution is 0.0601. The number of aromatic nitrogens is 2. The molecule has 5 nitrogen and oxygen atoms in total. The summed E-state index contributed by atoms with van der Waals surface area (Å²) < 4.78 is 4.56. The standard InChI is InChI=1S/C12H10ClN3O2/c1-18-12(17)9-6-15-11(16-10(9)14)7-2-4-8(13)5-3-7/h2-6H,1H3,(H2,14,15,16). The number of anilines is 1. The molecule has 0 atom stereocenters. The fourth-order valence-corrected chi connectivity index (χ4v) is 1.53. The molecule has 0 bridgehead atoms. The number of esters is 1. The number of nitrogen functional groups attached to an aromatic ring is 1. The van der Waals surface area contributed by atoms with Crippen molar-refractivity contribution in [3.05, 3.63) is 41.0 Å². The second kappa shape index (κ2) is 5.01. The van der Waals surface area contributed by atoms with Crippen molar-refractivity contribution < 1.29 is 9.53 Å². The van der Waals surface area contributed by atoms with E-state index in [1.165, 1.54) is 13.3 Å². The van der Waals surface area contributed by atoms with E-state index in [4.69, 9.17) is 17.3 Å². The van der Waals surface area contributed by atoms with Gasteiger partial charge in [-0.2, -0.15) is 0 Å². The Morgan fingerprint density at radius 2 is 2.00 bits per heavy atom. The number of benzene rings is 1. The summed E-state index contributed by atoms with van der Waals surface area (Å²) >= 11 is 5.79. The minimum absolute atomic E-state index is 0.0850. The second-order valence-corrected chi connectivity index (χ2v) is 3.93. The number of carbonyl (C=O) groups is 1. The first-order chi connectivity index (χ1) is 8.61. The Kier molecular flexibility index (Phi) is 3.43. The van der Waals surface area contributed by atoms with Crippen LogP contribution in [0.3, 0.4) is 0 Å². The summed E-state index contributed by atoms with van der Waals surface area (Å²) in [4.78, 5) is 19.5. The molecule has 2 N–H and O–H groups in total. The monoisotopic (exact) mass is 263 g/mol. The quantitative estimate of drug-likeness (QED) is 0.840. The van der Waals surface area contributed by atoms with Crippen LogP contribution in [0.25, 0.3) is 11.4 Å². The molecule has 2 rings (SSSR count). The summed E-state index contributed by atoms with van der Waals surface area (Å²) in [5.41, 5.74) is 6.60. The van der Waals surface area contributed by atoms with Gasteiger partial charge in [0, 0.05) is 16.8 Å². The van der Waals surface area contributed by atoms with Gasteiger partial charge in [0.2, 0.25) is 0 Å². The zero-order valence-corrected chi connectivity index (χ0v) is 10.3. The third-order valence-corrected chi connectivity index (χ3v) is 2.58. The molecule has 1 heterocycles. The van der Waals surface area contributed by atoms with E-state index in [1.54, 1.807) is 24.3 Å². The van der Waals surface area contributed by atoms with Gasteiger partial charge in [-0.05, 0) is 24.3 Å². The highest BCUT2D eigenvalue weighted by molar-refractivity contribution is 6.30. The van der Waals surface area contributed by atoms with Crippen LogP contribution < -0.4 is 5.73 Å². The lowest BCUT2D eigenvalue weighted by Gasteiger charge is -2.05. The normalized spacial score (nSPS) is 10.1. The number of ether oxygens (including phenoxy) is 1. The van der Waals surface area contributed by atoms with E-state index in [9.17, 15) is 4.79 Å². The zero-order chi connectivity index (χ0) is 13.1. The third kappa shape index (κ3) is 2.41. The molecule has 0 fully saturated rings. The van der Waals surface area contributed by atoms with Crippen LogP contribution in [0.15, 0.2) is 30.5 Å². The van der Waals surface area contributed by atoms with Crippen molar-refractivity contribution in [1.29, 1.82) is 0 Å². The summed E-state index contributed by atoms with van der Waals surface area (Å²) in [6.07, 6.45) is 1.35. The molecule has 0 aliphatic carbocycles. The van der Waals surface area contributed by atoms with Crippen LogP contribution in [-0.4, -0.2) is 23.0 Å². The van der Waals surface area contributed by atoms with Crippen LogP contribution in [0.2, 0.25) is 5.02 Å². The lowest BCUT2D eigenvalue weighted by atomic mass is 10.2. The van der Waals surface area contributed by atoms with E-state index in [0.29, 0.717) is 10.8 Å². The van der Waals surface area contributed by atoms with Gasteiger partial charge in [-0.25, -0.2) is 14.8 Å². The Balaban J connectivity index is 2.40. The highest BCUT2D eigenvalue weighted by atomic mass is 35.5. The van der Waals surface area contributed by atoms with Crippen molar-refractivity contribution >= 4 is 23.4 Å². The number of nitrogens with two attached hydrogens (primary N) is 1. The smallest absolute Gasteiger partial charge is 0.343 e. The summed E-state index contributed by atoms with van der Waals surface area (Å²) in [7, 11) is 1.27. The summed E-state index contributed by atoms with van der Waals surface area (Å²) in [5.74, 6) is -0.0474. The maximum atomic E-state index is 11.3. The molecule has 0 aliphatic heterocycles. The van der Waals surface area contributed by atoms with Gasteiger partial charge >= 0.3 is 5.97 Å². The second-order valence-electron chi connectivity index (χ2n) is 3.49. The van der Waals surface area contributed by atoms with Crippen LogP contribution in [0.1, 0.15) is 10.4 Å². The predicted molar refractivity (Wildman–Crippen MR) is 68.2 cm³/mol. The van der Waals surface area contributed by atoms with E-state index < -0.39 is 5.97 Å². The Labute approximate surface area is 109 Å². The molecule has 0 unspecified atom stereocenters. The molecule has 1 aromatic heterocycles. The van der Waals surface area contributed by atoms with E-state index in [2.05, 4.69) is 14.7 Å². The van der Waals surface area contributed by atoms with Crippen LogP contribution in [-0.2, 0) is 4.74 Å².